The molecule has 0 bridgehead atoms. The molecule has 0 saturated carbocycles. The standard InChI is InChI=1S/C14H17NO3S/c1-4-8-15-9-7-12-10-13(5-6-14(12)15)19(16,17)18-11(2)3/h1,5-6,10-11H,7-9H2,2-3H3. The van der Waals surface area contributed by atoms with Gasteiger partial charge in [-0.2, -0.15) is 8.42 Å². The van der Waals surface area contributed by atoms with Gasteiger partial charge in [0.1, 0.15) is 0 Å². The average Bonchev–Trinajstić information content (AvgIpc) is 2.71. The first-order chi connectivity index (χ1) is 8.94. The minimum atomic E-state index is -3.67. The van der Waals surface area contributed by atoms with Crippen molar-refractivity contribution in [2.24, 2.45) is 0 Å². The molecule has 1 heterocycles. The van der Waals surface area contributed by atoms with Gasteiger partial charge in [-0.05, 0) is 44.0 Å². The molecule has 0 spiro atoms. The Kier molecular flexibility index (Phi) is 3.83. The van der Waals surface area contributed by atoms with Gasteiger partial charge >= 0.3 is 0 Å². The van der Waals surface area contributed by atoms with Crippen LogP contribution >= 0.6 is 0 Å². The zero-order chi connectivity index (χ0) is 14.0. The molecule has 1 aliphatic heterocycles. The lowest BCUT2D eigenvalue weighted by Crippen LogP contribution is -2.20. The molecule has 1 aromatic carbocycles. The SMILES string of the molecule is C#CCN1CCc2cc(S(=O)(=O)OC(C)C)ccc21. The lowest BCUT2D eigenvalue weighted by molar-refractivity contribution is 0.249. The molecule has 2 rings (SSSR count). The van der Waals surface area contributed by atoms with Crippen LogP contribution in [0.25, 0.3) is 0 Å². The summed E-state index contributed by atoms with van der Waals surface area (Å²) in [6, 6.07) is 5.06. The Hall–Kier alpha value is -1.51. The van der Waals surface area contributed by atoms with E-state index in [9.17, 15) is 8.42 Å². The summed E-state index contributed by atoms with van der Waals surface area (Å²) in [5.74, 6) is 2.60. The summed E-state index contributed by atoms with van der Waals surface area (Å²) < 4.78 is 28.9. The van der Waals surface area contributed by atoms with Gasteiger partial charge in [0, 0.05) is 12.2 Å². The predicted octanol–water partition coefficient (Wildman–Crippen LogP) is 1.80. The summed E-state index contributed by atoms with van der Waals surface area (Å²) in [6.45, 7) is 4.76. The van der Waals surface area contributed by atoms with Crippen molar-refractivity contribution in [3.8, 4) is 12.3 Å². The van der Waals surface area contributed by atoms with Crippen LogP contribution in [0.3, 0.4) is 0 Å². The molecule has 1 aromatic rings. The smallest absolute Gasteiger partial charge is 0.297 e. The topological polar surface area (TPSA) is 46.6 Å². The van der Waals surface area contributed by atoms with E-state index >= 15 is 0 Å². The van der Waals surface area contributed by atoms with E-state index in [0.29, 0.717) is 6.54 Å². The van der Waals surface area contributed by atoms with Crippen LogP contribution < -0.4 is 4.90 Å². The lowest BCUT2D eigenvalue weighted by atomic mass is 10.2. The zero-order valence-electron chi connectivity index (χ0n) is 11.1. The highest BCUT2D eigenvalue weighted by molar-refractivity contribution is 7.86. The Labute approximate surface area is 114 Å². The Bertz CT molecular complexity index is 614. The van der Waals surface area contributed by atoms with Gasteiger partial charge in [-0.1, -0.05) is 5.92 Å². The van der Waals surface area contributed by atoms with Crippen molar-refractivity contribution in [2.75, 3.05) is 18.0 Å². The van der Waals surface area contributed by atoms with Crippen LogP contribution in [0.4, 0.5) is 5.69 Å². The molecule has 5 heteroatoms. The summed E-state index contributed by atoms with van der Waals surface area (Å²) in [5.41, 5.74) is 2.02. The summed E-state index contributed by atoms with van der Waals surface area (Å²) in [4.78, 5) is 2.28. The molecule has 4 nitrogen and oxygen atoms in total. The van der Waals surface area contributed by atoms with Crippen LogP contribution in [0.5, 0.6) is 0 Å². The Balaban J connectivity index is 2.32. The van der Waals surface area contributed by atoms with E-state index in [4.69, 9.17) is 10.6 Å². The first-order valence-electron chi connectivity index (χ1n) is 6.18. The zero-order valence-corrected chi connectivity index (χ0v) is 11.9. The van der Waals surface area contributed by atoms with Gasteiger partial charge in [-0.25, -0.2) is 0 Å². The van der Waals surface area contributed by atoms with E-state index in [1.54, 1.807) is 32.0 Å². The van der Waals surface area contributed by atoms with E-state index in [1.165, 1.54) is 0 Å². The van der Waals surface area contributed by atoms with Crippen LogP contribution in [0.2, 0.25) is 0 Å². The highest BCUT2D eigenvalue weighted by Crippen LogP contribution is 2.30. The molecule has 0 aromatic heterocycles. The summed E-state index contributed by atoms with van der Waals surface area (Å²) in [5, 5.41) is 0. The van der Waals surface area contributed by atoms with Crippen molar-refractivity contribution in [2.45, 2.75) is 31.3 Å². The Morgan fingerprint density at radius 2 is 2.21 bits per heavy atom. The monoisotopic (exact) mass is 279 g/mol. The van der Waals surface area contributed by atoms with Crippen LogP contribution in [0.15, 0.2) is 23.1 Å². The van der Waals surface area contributed by atoms with Crippen molar-refractivity contribution >= 4 is 15.8 Å². The van der Waals surface area contributed by atoms with Gasteiger partial charge in [0.15, 0.2) is 0 Å². The molecule has 0 saturated heterocycles. The fraction of sp³-hybridized carbons (Fsp3) is 0.429. The fourth-order valence-electron chi connectivity index (χ4n) is 2.19. The Morgan fingerprint density at radius 1 is 1.47 bits per heavy atom. The molecule has 0 aliphatic carbocycles. The molecule has 0 unspecified atom stereocenters. The van der Waals surface area contributed by atoms with Crippen molar-refractivity contribution in [3.05, 3.63) is 23.8 Å². The number of fused-ring (bicyclic) bond motifs is 1. The molecule has 0 radical (unpaired) electrons. The Morgan fingerprint density at radius 3 is 2.84 bits per heavy atom. The minimum Gasteiger partial charge on any atom is -0.360 e. The molecular weight excluding hydrogens is 262 g/mol. The minimum absolute atomic E-state index is 0.211. The summed E-state index contributed by atoms with van der Waals surface area (Å²) in [6.07, 6.45) is 5.75. The van der Waals surface area contributed by atoms with Gasteiger partial charge < -0.3 is 4.90 Å². The van der Waals surface area contributed by atoms with Crippen molar-refractivity contribution in [1.82, 2.24) is 0 Å². The molecular formula is C14H17NO3S. The third kappa shape index (κ3) is 2.91. The second kappa shape index (κ2) is 5.24. The van der Waals surface area contributed by atoms with Crippen LogP contribution in [0, 0.1) is 12.3 Å². The summed E-state index contributed by atoms with van der Waals surface area (Å²) in [7, 11) is -3.67. The number of nitrogens with zero attached hydrogens (tertiary/aromatic N) is 1. The van der Waals surface area contributed by atoms with Crippen molar-refractivity contribution in [3.63, 3.8) is 0 Å². The van der Waals surface area contributed by atoms with Gasteiger partial charge in [-0.3, -0.25) is 4.18 Å². The fourth-order valence-corrected chi connectivity index (χ4v) is 3.32. The highest BCUT2D eigenvalue weighted by atomic mass is 32.2. The third-order valence-electron chi connectivity index (χ3n) is 2.93. The average molecular weight is 279 g/mol. The van der Waals surface area contributed by atoms with Gasteiger partial charge in [-0.15, -0.1) is 6.42 Å². The van der Waals surface area contributed by atoms with Crippen LogP contribution in [-0.4, -0.2) is 27.6 Å². The molecule has 0 fully saturated rings. The number of terminal acetylenes is 1. The van der Waals surface area contributed by atoms with E-state index in [2.05, 4.69) is 10.8 Å². The maximum absolute atomic E-state index is 12.0. The molecule has 19 heavy (non-hydrogen) atoms. The predicted molar refractivity (Wildman–Crippen MR) is 74.6 cm³/mol. The third-order valence-corrected chi connectivity index (χ3v) is 4.40. The quantitative estimate of drug-likeness (QED) is 0.623. The lowest BCUT2D eigenvalue weighted by Gasteiger charge is -2.16. The van der Waals surface area contributed by atoms with Gasteiger partial charge in [0.25, 0.3) is 10.1 Å². The van der Waals surface area contributed by atoms with Crippen LogP contribution in [0.1, 0.15) is 19.4 Å². The molecule has 1 aliphatic rings. The number of rotatable bonds is 4. The van der Waals surface area contributed by atoms with Crippen LogP contribution in [-0.2, 0) is 20.7 Å². The molecule has 0 N–H and O–H groups in total. The maximum atomic E-state index is 12.0. The van der Waals surface area contributed by atoms with Crippen molar-refractivity contribution in [1.29, 1.82) is 0 Å². The first-order valence-corrected chi connectivity index (χ1v) is 7.59. The summed E-state index contributed by atoms with van der Waals surface area (Å²) >= 11 is 0. The molecule has 102 valence electrons. The van der Waals surface area contributed by atoms with Gasteiger partial charge in [0.2, 0.25) is 0 Å². The number of hydrogen-bond acceptors (Lipinski definition) is 4. The van der Waals surface area contributed by atoms with Gasteiger partial charge in [0.05, 0.1) is 17.5 Å². The van der Waals surface area contributed by atoms with E-state index in [0.717, 1.165) is 24.2 Å². The van der Waals surface area contributed by atoms with E-state index in [1.807, 2.05) is 0 Å². The first kappa shape index (κ1) is 13.9. The number of benzene rings is 1. The maximum Gasteiger partial charge on any atom is 0.297 e. The molecule has 0 amide bonds. The van der Waals surface area contributed by atoms with E-state index in [-0.39, 0.29) is 11.0 Å². The largest absolute Gasteiger partial charge is 0.360 e. The molecule has 0 atom stereocenters. The second-order valence-corrected chi connectivity index (χ2v) is 6.34. The normalized spacial score (nSPS) is 14.5. The highest BCUT2D eigenvalue weighted by Gasteiger charge is 2.23. The number of anilines is 1. The van der Waals surface area contributed by atoms with E-state index < -0.39 is 10.1 Å². The number of hydrogen-bond donors (Lipinski definition) is 0. The van der Waals surface area contributed by atoms with Crippen molar-refractivity contribution < 1.29 is 12.6 Å². The second-order valence-electron chi connectivity index (χ2n) is 4.77.